The maximum Gasteiger partial charge on any atom is 0.147 e. The van der Waals surface area contributed by atoms with E-state index in [9.17, 15) is 8.42 Å². The summed E-state index contributed by atoms with van der Waals surface area (Å²) in [4.78, 5) is 0.496. The average molecular weight is 285 g/mol. The Labute approximate surface area is 96.5 Å². The Morgan fingerprint density at radius 2 is 1.86 bits per heavy atom. The molecule has 0 aromatic heterocycles. The van der Waals surface area contributed by atoms with Crippen LogP contribution in [-0.4, -0.2) is 25.3 Å². The summed E-state index contributed by atoms with van der Waals surface area (Å²) in [7, 11) is -2.79. The van der Waals surface area contributed by atoms with Gasteiger partial charge in [-0.3, -0.25) is 0 Å². The Balaban J connectivity index is 3.88. The first-order valence-electron chi connectivity index (χ1n) is 4.94. The third-order valence-corrected chi connectivity index (χ3v) is 3.56. The lowest BCUT2D eigenvalue weighted by Crippen LogP contribution is -2.17. The van der Waals surface area contributed by atoms with Crippen LogP contribution in [0.3, 0.4) is 0 Å². The number of alkyl halides is 1. The van der Waals surface area contributed by atoms with E-state index in [1.807, 2.05) is 0 Å². The van der Waals surface area contributed by atoms with Gasteiger partial charge in [-0.15, -0.1) is 0 Å². The topological polar surface area (TPSA) is 34.1 Å². The van der Waals surface area contributed by atoms with E-state index in [4.69, 9.17) is 0 Å². The molecule has 0 bridgehead atoms. The number of halogens is 1. The molecule has 0 aromatic carbocycles. The largest absolute Gasteiger partial charge is 0.229 e. The molecular weight excluding hydrogens is 264 g/mol. The Morgan fingerprint density at radius 1 is 1.36 bits per heavy atom. The predicted molar refractivity (Wildman–Crippen MR) is 65.7 cm³/mol. The Bertz CT molecular complexity index is 255. The molecule has 0 radical (unpaired) electrons. The lowest BCUT2D eigenvalue weighted by atomic mass is 9.84. The van der Waals surface area contributed by atoms with Crippen molar-refractivity contribution in [1.29, 1.82) is 0 Å². The maximum absolute atomic E-state index is 10.9. The molecule has 0 spiro atoms. The molecule has 0 aliphatic carbocycles. The van der Waals surface area contributed by atoms with Crippen molar-refractivity contribution in [2.75, 3.05) is 12.0 Å². The number of hydrogen-bond acceptors (Lipinski definition) is 2. The van der Waals surface area contributed by atoms with Crippen LogP contribution in [-0.2, 0) is 9.84 Å². The van der Waals surface area contributed by atoms with Crippen molar-refractivity contribution in [2.24, 2.45) is 5.41 Å². The van der Waals surface area contributed by atoms with Gasteiger partial charge in [0.2, 0.25) is 0 Å². The van der Waals surface area contributed by atoms with Crippen LogP contribution < -0.4 is 0 Å². The molecule has 0 heterocycles. The molecule has 1 unspecified atom stereocenters. The summed E-state index contributed by atoms with van der Waals surface area (Å²) in [6.45, 7) is 6.50. The van der Waals surface area contributed by atoms with Gasteiger partial charge >= 0.3 is 0 Å². The number of hydrogen-bond donors (Lipinski definition) is 0. The van der Waals surface area contributed by atoms with Crippen molar-refractivity contribution < 1.29 is 8.42 Å². The maximum atomic E-state index is 10.9. The lowest BCUT2D eigenvalue weighted by Gasteiger charge is -2.25. The minimum Gasteiger partial charge on any atom is -0.229 e. The molecule has 0 saturated carbocycles. The van der Waals surface area contributed by atoms with E-state index < -0.39 is 9.84 Å². The second-order valence-electron chi connectivity index (χ2n) is 4.88. The molecule has 0 aliphatic heterocycles. The third-order valence-electron chi connectivity index (χ3n) is 2.20. The van der Waals surface area contributed by atoms with Crippen molar-refractivity contribution >= 4 is 25.8 Å². The Hall–Kier alpha value is 0.430. The highest BCUT2D eigenvalue weighted by Crippen LogP contribution is 2.30. The summed E-state index contributed by atoms with van der Waals surface area (Å²) in [5.41, 5.74) is 0.230. The van der Waals surface area contributed by atoms with Gasteiger partial charge in [0.05, 0.1) is 0 Å². The standard InChI is InChI=1S/C10H21BrO2S/c1-9(11)8-10(2,3)6-5-7-14(4,12)13/h9H,5-8H2,1-4H3. The van der Waals surface area contributed by atoms with E-state index in [0.29, 0.717) is 10.6 Å². The van der Waals surface area contributed by atoms with E-state index in [-0.39, 0.29) is 5.41 Å². The molecule has 0 N–H and O–H groups in total. The first-order valence-corrected chi connectivity index (χ1v) is 7.92. The summed E-state index contributed by atoms with van der Waals surface area (Å²) >= 11 is 3.52. The monoisotopic (exact) mass is 284 g/mol. The van der Waals surface area contributed by atoms with Gasteiger partial charge in [0.1, 0.15) is 9.84 Å². The van der Waals surface area contributed by atoms with Gasteiger partial charge in [-0.1, -0.05) is 36.7 Å². The van der Waals surface area contributed by atoms with Crippen LogP contribution in [0.25, 0.3) is 0 Å². The van der Waals surface area contributed by atoms with Gasteiger partial charge in [0.25, 0.3) is 0 Å². The first-order chi connectivity index (χ1) is 6.12. The van der Waals surface area contributed by atoms with E-state index in [0.717, 1.165) is 19.3 Å². The van der Waals surface area contributed by atoms with E-state index in [2.05, 4.69) is 36.7 Å². The van der Waals surface area contributed by atoms with Crippen molar-refractivity contribution in [1.82, 2.24) is 0 Å². The van der Waals surface area contributed by atoms with Gasteiger partial charge < -0.3 is 0 Å². The van der Waals surface area contributed by atoms with E-state index >= 15 is 0 Å². The second-order valence-corrected chi connectivity index (χ2v) is 8.71. The minimum atomic E-state index is -2.79. The van der Waals surface area contributed by atoms with Crippen LogP contribution in [0.2, 0.25) is 0 Å². The highest BCUT2D eigenvalue weighted by atomic mass is 79.9. The Kier molecular flexibility index (Phi) is 5.67. The summed E-state index contributed by atoms with van der Waals surface area (Å²) < 4.78 is 21.9. The van der Waals surface area contributed by atoms with E-state index in [1.54, 1.807) is 0 Å². The lowest BCUT2D eigenvalue weighted by molar-refractivity contribution is 0.307. The predicted octanol–water partition coefficient (Wildman–Crippen LogP) is 3.01. The van der Waals surface area contributed by atoms with Crippen LogP contribution in [0.1, 0.15) is 40.0 Å². The smallest absolute Gasteiger partial charge is 0.147 e. The molecule has 4 heteroatoms. The molecule has 0 rings (SSSR count). The average Bonchev–Trinajstić information content (AvgIpc) is 1.78. The quantitative estimate of drug-likeness (QED) is 0.703. The van der Waals surface area contributed by atoms with Gasteiger partial charge in [0.15, 0.2) is 0 Å². The fraction of sp³-hybridized carbons (Fsp3) is 1.00. The summed E-state index contributed by atoms with van der Waals surface area (Å²) in [6.07, 6.45) is 4.12. The molecule has 14 heavy (non-hydrogen) atoms. The zero-order valence-corrected chi connectivity index (χ0v) is 11.9. The summed E-state index contributed by atoms with van der Waals surface area (Å²) in [5.74, 6) is 0.313. The van der Waals surface area contributed by atoms with E-state index in [1.165, 1.54) is 6.26 Å². The van der Waals surface area contributed by atoms with Crippen LogP contribution in [0.4, 0.5) is 0 Å². The molecule has 2 nitrogen and oxygen atoms in total. The minimum absolute atomic E-state index is 0.230. The summed E-state index contributed by atoms with van der Waals surface area (Å²) in [6, 6.07) is 0. The van der Waals surface area contributed by atoms with Gasteiger partial charge in [-0.2, -0.15) is 0 Å². The summed E-state index contributed by atoms with van der Waals surface area (Å²) in [5, 5.41) is 0. The van der Waals surface area contributed by atoms with Crippen LogP contribution in [0.5, 0.6) is 0 Å². The molecule has 1 atom stereocenters. The van der Waals surface area contributed by atoms with Gasteiger partial charge in [-0.05, 0) is 24.7 Å². The Morgan fingerprint density at radius 3 is 2.21 bits per heavy atom. The second kappa shape index (κ2) is 5.50. The van der Waals surface area contributed by atoms with Crippen molar-refractivity contribution in [3.05, 3.63) is 0 Å². The molecule has 0 amide bonds. The molecule has 0 aromatic rings. The SMILES string of the molecule is CC(Br)CC(C)(C)CCCS(C)(=O)=O. The zero-order valence-electron chi connectivity index (χ0n) is 9.51. The fourth-order valence-electron chi connectivity index (χ4n) is 1.68. The van der Waals surface area contributed by atoms with Crippen molar-refractivity contribution in [2.45, 2.75) is 44.9 Å². The van der Waals surface area contributed by atoms with Gasteiger partial charge in [0, 0.05) is 16.8 Å². The molecule has 86 valence electrons. The third kappa shape index (κ3) is 9.00. The first kappa shape index (κ1) is 14.4. The van der Waals surface area contributed by atoms with Crippen LogP contribution in [0, 0.1) is 5.41 Å². The molecule has 0 saturated heterocycles. The highest BCUT2D eigenvalue weighted by molar-refractivity contribution is 9.09. The highest BCUT2D eigenvalue weighted by Gasteiger charge is 2.20. The van der Waals surface area contributed by atoms with Crippen molar-refractivity contribution in [3.8, 4) is 0 Å². The number of rotatable bonds is 6. The fourth-order valence-corrected chi connectivity index (χ4v) is 3.22. The van der Waals surface area contributed by atoms with Gasteiger partial charge in [-0.25, -0.2) is 8.42 Å². The normalized spacial score (nSPS) is 15.5. The zero-order chi connectivity index (χ0) is 11.4. The van der Waals surface area contributed by atoms with Crippen molar-refractivity contribution in [3.63, 3.8) is 0 Å². The van der Waals surface area contributed by atoms with Crippen LogP contribution >= 0.6 is 15.9 Å². The number of sulfone groups is 1. The molecule has 0 aliphatic rings. The molecular formula is C10H21BrO2S. The van der Waals surface area contributed by atoms with Crippen LogP contribution in [0.15, 0.2) is 0 Å². The molecule has 0 fully saturated rings.